The van der Waals surface area contributed by atoms with Gasteiger partial charge in [0.25, 0.3) is 0 Å². The van der Waals surface area contributed by atoms with Gasteiger partial charge in [-0.05, 0) is 12.1 Å². The summed E-state index contributed by atoms with van der Waals surface area (Å²) in [6.45, 7) is 0. The van der Waals surface area contributed by atoms with E-state index in [-0.39, 0.29) is 12.0 Å². The van der Waals surface area contributed by atoms with Gasteiger partial charge < -0.3 is 9.84 Å². The third-order valence-corrected chi connectivity index (χ3v) is 2.61. The zero-order chi connectivity index (χ0) is 11.4. The van der Waals surface area contributed by atoms with E-state index >= 15 is 0 Å². The molecule has 0 amide bonds. The van der Waals surface area contributed by atoms with E-state index in [0.29, 0.717) is 4.47 Å². The first-order valence-corrected chi connectivity index (χ1v) is 5.04. The Balaban J connectivity index is 2.90. The van der Waals surface area contributed by atoms with Gasteiger partial charge in [0.1, 0.15) is 5.82 Å². The highest BCUT2D eigenvalue weighted by Gasteiger charge is 2.19. The Bertz CT molecular complexity index is 347. The predicted octanol–water partition coefficient (Wildman–Crippen LogP) is 2.18. The van der Waals surface area contributed by atoms with Crippen molar-refractivity contribution in [3.05, 3.63) is 34.1 Å². The van der Waals surface area contributed by atoms with Crippen LogP contribution in [-0.2, 0) is 9.53 Å². The first kappa shape index (κ1) is 12.1. The number of halogens is 2. The zero-order valence-corrected chi connectivity index (χ0v) is 9.62. The van der Waals surface area contributed by atoms with Crippen molar-refractivity contribution in [3.8, 4) is 0 Å². The lowest BCUT2D eigenvalue weighted by Crippen LogP contribution is -2.10. The van der Waals surface area contributed by atoms with Crippen LogP contribution >= 0.6 is 15.9 Å². The Morgan fingerprint density at radius 2 is 2.33 bits per heavy atom. The van der Waals surface area contributed by atoms with Crippen molar-refractivity contribution in [2.24, 2.45) is 0 Å². The molecule has 0 aromatic heterocycles. The van der Waals surface area contributed by atoms with Crippen LogP contribution < -0.4 is 0 Å². The van der Waals surface area contributed by atoms with Crippen LogP contribution in [-0.4, -0.2) is 18.2 Å². The van der Waals surface area contributed by atoms with E-state index in [2.05, 4.69) is 20.7 Å². The number of carbonyl (C=O) groups is 1. The second-order valence-electron chi connectivity index (χ2n) is 2.93. The van der Waals surface area contributed by atoms with Crippen molar-refractivity contribution in [2.45, 2.75) is 12.5 Å². The number of aliphatic hydroxyl groups is 1. The number of ether oxygens (including phenoxy) is 1. The Kier molecular flexibility index (Phi) is 4.23. The van der Waals surface area contributed by atoms with Gasteiger partial charge in [0.15, 0.2) is 0 Å². The number of hydrogen-bond acceptors (Lipinski definition) is 3. The van der Waals surface area contributed by atoms with Crippen LogP contribution in [0.4, 0.5) is 4.39 Å². The molecule has 0 unspecified atom stereocenters. The second kappa shape index (κ2) is 5.23. The van der Waals surface area contributed by atoms with E-state index in [0.717, 1.165) is 0 Å². The Hall–Kier alpha value is -0.940. The van der Waals surface area contributed by atoms with Crippen LogP contribution in [0.3, 0.4) is 0 Å². The molecular formula is C10H10BrFO3. The van der Waals surface area contributed by atoms with Gasteiger partial charge in [0.2, 0.25) is 0 Å². The number of rotatable bonds is 3. The van der Waals surface area contributed by atoms with Crippen LogP contribution in [0, 0.1) is 5.82 Å². The van der Waals surface area contributed by atoms with Crippen molar-refractivity contribution in [1.29, 1.82) is 0 Å². The first-order valence-electron chi connectivity index (χ1n) is 4.25. The summed E-state index contributed by atoms with van der Waals surface area (Å²) in [5.41, 5.74) is 0.0721. The largest absolute Gasteiger partial charge is 0.469 e. The minimum Gasteiger partial charge on any atom is -0.469 e. The SMILES string of the molecule is COC(=O)C[C@@H](O)c1c(F)cccc1Br. The van der Waals surface area contributed by atoms with Crippen LogP contribution in [0.15, 0.2) is 22.7 Å². The number of carbonyl (C=O) groups excluding carboxylic acids is 1. The predicted molar refractivity (Wildman–Crippen MR) is 55.7 cm³/mol. The molecule has 0 fully saturated rings. The maximum Gasteiger partial charge on any atom is 0.308 e. The van der Waals surface area contributed by atoms with Crippen LogP contribution in [0.25, 0.3) is 0 Å². The molecule has 0 spiro atoms. The lowest BCUT2D eigenvalue weighted by molar-refractivity contribution is -0.142. The van der Waals surface area contributed by atoms with Crippen molar-refractivity contribution >= 4 is 21.9 Å². The molecule has 0 aliphatic heterocycles. The van der Waals surface area contributed by atoms with Gasteiger partial charge in [-0.25, -0.2) is 4.39 Å². The summed E-state index contributed by atoms with van der Waals surface area (Å²) in [5, 5.41) is 9.61. The molecular weight excluding hydrogens is 267 g/mol. The van der Waals surface area contributed by atoms with Gasteiger partial charge in [-0.3, -0.25) is 4.79 Å². The number of methoxy groups -OCH3 is 1. The fraction of sp³-hybridized carbons (Fsp3) is 0.300. The summed E-state index contributed by atoms with van der Waals surface area (Å²) in [5.74, 6) is -1.14. The molecule has 0 saturated carbocycles. The van der Waals surface area contributed by atoms with Gasteiger partial charge in [0.05, 0.1) is 19.6 Å². The van der Waals surface area contributed by atoms with Gasteiger partial charge in [-0.2, -0.15) is 0 Å². The molecule has 0 radical (unpaired) electrons. The topological polar surface area (TPSA) is 46.5 Å². The summed E-state index contributed by atoms with van der Waals surface area (Å²) >= 11 is 3.11. The van der Waals surface area contributed by atoms with Crippen LogP contribution in [0.5, 0.6) is 0 Å². The van der Waals surface area contributed by atoms with Crippen molar-refractivity contribution in [3.63, 3.8) is 0 Å². The quantitative estimate of drug-likeness (QED) is 0.861. The lowest BCUT2D eigenvalue weighted by Gasteiger charge is -2.12. The Morgan fingerprint density at radius 1 is 1.67 bits per heavy atom. The van der Waals surface area contributed by atoms with Gasteiger partial charge in [0, 0.05) is 10.0 Å². The average Bonchev–Trinajstić information content (AvgIpc) is 2.17. The summed E-state index contributed by atoms with van der Waals surface area (Å²) in [4.78, 5) is 10.9. The molecule has 15 heavy (non-hydrogen) atoms. The standard InChI is InChI=1S/C10H10BrFO3/c1-15-9(14)5-8(13)10-6(11)3-2-4-7(10)12/h2-4,8,13H,5H2,1H3/t8-/m1/s1. The highest BCUT2D eigenvalue weighted by atomic mass is 79.9. The van der Waals surface area contributed by atoms with Crippen molar-refractivity contribution in [2.75, 3.05) is 7.11 Å². The fourth-order valence-electron chi connectivity index (χ4n) is 1.17. The van der Waals surface area contributed by atoms with Crippen LogP contribution in [0.2, 0.25) is 0 Å². The number of benzene rings is 1. The van der Waals surface area contributed by atoms with Crippen LogP contribution in [0.1, 0.15) is 18.1 Å². The molecule has 3 nitrogen and oxygen atoms in total. The maximum atomic E-state index is 13.3. The Labute approximate surface area is 95.0 Å². The van der Waals surface area contributed by atoms with E-state index < -0.39 is 17.9 Å². The lowest BCUT2D eigenvalue weighted by atomic mass is 10.1. The fourth-order valence-corrected chi connectivity index (χ4v) is 1.78. The molecule has 0 aliphatic carbocycles. The highest BCUT2D eigenvalue weighted by molar-refractivity contribution is 9.10. The van der Waals surface area contributed by atoms with E-state index in [1.165, 1.54) is 19.2 Å². The molecule has 0 heterocycles. The third-order valence-electron chi connectivity index (χ3n) is 1.92. The minimum atomic E-state index is -1.20. The van der Waals surface area contributed by atoms with E-state index in [1.54, 1.807) is 6.07 Å². The summed E-state index contributed by atoms with van der Waals surface area (Å²) in [6.07, 6.45) is -1.47. The molecule has 1 atom stereocenters. The first-order chi connectivity index (χ1) is 7.06. The van der Waals surface area contributed by atoms with Crippen molar-refractivity contribution < 1.29 is 19.0 Å². The molecule has 82 valence electrons. The summed E-state index contributed by atoms with van der Waals surface area (Å²) in [6, 6.07) is 4.33. The molecule has 1 aromatic rings. The number of hydrogen-bond donors (Lipinski definition) is 1. The molecule has 0 saturated heterocycles. The smallest absolute Gasteiger partial charge is 0.308 e. The number of esters is 1. The second-order valence-corrected chi connectivity index (χ2v) is 3.79. The normalized spacial score (nSPS) is 12.3. The van der Waals surface area contributed by atoms with Crippen molar-refractivity contribution in [1.82, 2.24) is 0 Å². The van der Waals surface area contributed by atoms with Gasteiger partial charge in [-0.15, -0.1) is 0 Å². The minimum absolute atomic E-state index is 0.0721. The summed E-state index contributed by atoms with van der Waals surface area (Å²) in [7, 11) is 1.21. The van der Waals surface area contributed by atoms with Gasteiger partial charge >= 0.3 is 5.97 Å². The molecule has 1 aromatic carbocycles. The highest BCUT2D eigenvalue weighted by Crippen LogP contribution is 2.28. The zero-order valence-electron chi connectivity index (χ0n) is 8.04. The third kappa shape index (κ3) is 3.00. The van der Waals surface area contributed by atoms with E-state index in [1.807, 2.05) is 0 Å². The molecule has 0 bridgehead atoms. The average molecular weight is 277 g/mol. The van der Waals surface area contributed by atoms with Gasteiger partial charge in [-0.1, -0.05) is 22.0 Å². The monoisotopic (exact) mass is 276 g/mol. The molecule has 0 aliphatic rings. The molecule has 5 heteroatoms. The molecule has 1 rings (SSSR count). The van der Waals surface area contributed by atoms with E-state index in [4.69, 9.17) is 0 Å². The molecule has 1 N–H and O–H groups in total. The number of aliphatic hydroxyl groups excluding tert-OH is 1. The summed E-state index contributed by atoms with van der Waals surface area (Å²) < 4.78 is 18.1. The van der Waals surface area contributed by atoms with E-state index in [9.17, 15) is 14.3 Å². The maximum absolute atomic E-state index is 13.3. The Morgan fingerprint density at radius 3 is 2.87 bits per heavy atom.